The van der Waals surface area contributed by atoms with Crippen molar-refractivity contribution in [2.75, 3.05) is 11.5 Å². The molecule has 3 heterocycles. The normalized spacial score (nSPS) is 31.7. The molecular weight excluding hydrogens is 261 g/mol. The maximum absolute atomic E-state index is 11.9. The number of hydrogen-bond acceptors (Lipinski definition) is 4. The van der Waals surface area contributed by atoms with E-state index >= 15 is 0 Å². The second-order valence-electron chi connectivity index (χ2n) is 4.46. The van der Waals surface area contributed by atoms with Gasteiger partial charge in [0.2, 0.25) is 0 Å². The summed E-state index contributed by atoms with van der Waals surface area (Å²) in [6.07, 6.45) is 2.56. The summed E-state index contributed by atoms with van der Waals surface area (Å²) in [5.74, 6) is 0.650. The van der Waals surface area contributed by atoms with Gasteiger partial charge < -0.3 is 9.90 Å². The van der Waals surface area contributed by atoms with Crippen molar-refractivity contribution in [1.29, 1.82) is 0 Å². The summed E-state index contributed by atoms with van der Waals surface area (Å²) in [4.78, 5) is 24.5. The maximum Gasteiger partial charge on any atom is 1.00 e. The van der Waals surface area contributed by atoms with E-state index in [9.17, 15) is 14.7 Å². The average molecular weight is 273 g/mol. The molecular formula is C12H12NNaO3S. The standard InChI is InChI=1S/C12H13NO3S.Na/c1-2-6-9-8-5-17-4-3-7(8)10(12(15)16)13(9)11(6)14;/h2,8-9H,3-5H2,1H3,(H,15,16);/q;+1/p-1/b6-2+;/t8-,9+;/m1./s1. The molecule has 90 valence electrons. The predicted molar refractivity (Wildman–Crippen MR) is 61.9 cm³/mol. The first-order valence-corrected chi connectivity index (χ1v) is 6.84. The number of allylic oxidation sites excluding steroid dienone is 1. The molecule has 0 bridgehead atoms. The molecule has 3 aliphatic heterocycles. The van der Waals surface area contributed by atoms with Gasteiger partial charge in [0.25, 0.3) is 5.91 Å². The van der Waals surface area contributed by atoms with Crippen LogP contribution in [-0.4, -0.2) is 34.3 Å². The first-order chi connectivity index (χ1) is 8.16. The van der Waals surface area contributed by atoms with Gasteiger partial charge in [0, 0.05) is 17.2 Å². The second-order valence-corrected chi connectivity index (χ2v) is 5.61. The summed E-state index contributed by atoms with van der Waals surface area (Å²) in [5, 5.41) is 11.2. The fourth-order valence-electron chi connectivity index (χ4n) is 3.03. The Morgan fingerprint density at radius 1 is 1.56 bits per heavy atom. The molecule has 3 rings (SSSR count). The van der Waals surface area contributed by atoms with Crippen LogP contribution in [0.15, 0.2) is 22.9 Å². The molecule has 0 radical (unpaired) electrons. The smallest absolute Gasteiger partial charge is 0.543 e. The number of hydrogen-bond donors (Lipinski definition) is 0. The van der Waals surface area contributed by atoms with Crippen LogP contribution in [0.4, 0.5) is 0 Å². The van der Waals surface area contributed by atoms with Crippen LogP contribution in [-0.2, 0) is 9.59 Å². The molecule has 3 aliphatic rings. The minimum absolute atomic E-state index is 0. The van der Waals surface area contributed by atoms with Crippen LogP contribution in [0.2, 0.25) is 0 Å². The zero-order valence-electron chi connectivity index (χ0n) is 10.4. The van der Waals surface area contributed by atoms with Crippen molar-refractivity contribution in [3.05, 3.63) is 22.9 Å². The van der Waals surface area contributed by atoms with Crippen LogP contribution in [0.25, 0.3) is 0 Å². The predicted octanol–water partition coefficient (Wildman–Crippen LogP) is -3.08. The molecule has 0 unspecified atom stereocenters. The molecule has 0 aromatic rings. The van der Waals surface area contributed by atoms with Gasteiger partial charge in [-0.15, -0.1) is 0 Å². The average Bonchev–Trinajstić information content (AvgIpc) is 2.61. The minimum atomic E-state index is -1.21. The van der Waals surface area contributed by atoms with Crippen molar-refractivity contribution in [2.24, 2.45) is 5.92 Å². The molecule has 0 N–H and O–H groups in total. The van der Waals surface area contributed by atoms with Crippen molar-refractivity contribution in [3.63, 3.8) is 0 Å². The molecule has 18 heavy (non-hydrogen) atoms. The summed E-state index contributed by atoms with van der Waals surface area (Å²) in [7, 11) is 0. The Hall–Kier alpha value is -0.230. The number of carboxylic acids is 1. The fourth-order valence-corrected chi connectivity index (χ4v) is 4.20. The third-order valence-corrected chi connectivity index (χ3v) is 4.84. The number of carbonyl (C=O) groups is 2. The van der Waals surface area contributed by atoms with Gasteiger partial charge in [-0.05, 0) is 24.7 Å². The Balaban J connectivity index is 0.00000120. The topological polar surface area (TPSA) is 60.4 Å². The van der Waals surface area contributed by atoms with Crippen LogP contribution >= 0.6 is 11.8 Å². The first-order valence-electron chi connectivity index (χ1n) is 5.68. The van der Waals surface area contributed by atoms with Crippen molar-refractivity contribution in [1.82, 2.24) is 4.90 Å². The van der Waals surface area contributed by atoms with Crippen molar-refractivity contribution in [2.45, 2.75) is 19.4 Å². The molecule has 0 aromatic carbocycles. The summed E-state index contributed by atoms with van der Waals surface area (Å²) < 4.78 is 0. The SMILES string of the molecule is C/C=C1/C(=O)N2C(C(=O)[O-])=C3CCSC[C@H]3[C@H]12.[Na+]. The molecule has 6 heteroatoms. The molecule has 0 aromatic heterocycles. The number of rotatable bonds is 1. The van der Waals surface area contributed by atoms with Crippen LogP contribution in [0.1, 0.15) is 13.3 Å². The van der Waals surface area contributed by atoms with E-state index in [1.165, 1.54) is 4.90 Å². The monoisotopic (exact) mass is 273 g/mol. The van der Waals surface area contributed by atoms with Gasteiger partial charge in [0.1, 0.15) is 0 Å². The summed E-state index contributed by atoms with van der Waals surface area (Å²) in [6.45, 7) is 1.83. The van der Waals surface area contributed by atoms with Crippen molar-refractivity contribution >= 4 is 23.6 Å². The van der Waals surface area contributed by atoms with E-state index in [1.807, 2.05) is 18.7 Å². The first kappa shape index (κ1) is 14.2. The number of fused-ring (bicyclic) bond motifs is 3. The Bertz CT molecular complexity index is 486. The van der Waals surface area contributed by atoms with Crippen molar-refractivity contribution in [3.8, 4) is 0 Å². The number of β-lactam (4-membered cyclic amide) rings is 1. The maximum atomic E-state index is 11.9. The van der Waals surface area contributed by atoms with E-state index in [2.05, 4.69) is 0 Å². The van der Waals surface area contributed by atoms with E-state index < -0.39 is 5.97 Å². The third kappa shape index (κ3) is 1.72. The van der Waals surface area contributed by atoms with Crippen LogP contribution < -0.4 is 34.7 Å². The zero-order valence-corrected chi connectivity index (χ0v) is 13.3. The molecule has 4 nitrogen and oxygen atoms in total. The van der Waals surface area contributed by atoms with E-state index in [0.717, 1.165) is 29.1 Å². The van der Waals surface area contributed by atoms with Crippen LogP contribution in [0.3, 0.4) is 0 Å². The number of carbonyl (C=O) groups excluding carboxylic acids is 2. The van der Waals surface area contributed by atoms with Gasteiger partial charge in [0.05, 0.1) is 17.7 Å². The molecule has 2 atom stereocenters. The Labute approximate surface area is 132 Å². The molecule has 0 saturated carbocycles. The molecule has 0 aliphatic carbocycles. The number of thioether (sulfide) groups is 1. The van der Waals surface area contributed by atoms with Gasteiger partial charge in [0.15, 0.2) is 0 Å². The number of carboxylic acid groups (broad SMARTS) is 1. The Morgan fingerprint density at radius 3 is 2.89 bits per heavy atom. The molecule has 1 amide bonds. The van der Waals surface area contributed by atoms with E-state index in [0.29, 0.717) is 0 Å². The molecule has 0 spiro atoms. The van der Waals surface area contributed by atoms with E-state index in [4.69, 9.17) is 0 Å². The van der Waals surface area contributed by atoms with Gasteiger partial charge in [-0.1, -0.05) is 6.08 Å². The van der Waals surface area contributed by atoms with Crippen LogP contribution in [0, 0.1) is 5.92 Å². The summed E-state index contributed by atoms with van der Waals surface area (Å²) >= 11 is 1.83. The van der Waals surface area contributed by atoms with Crippen molar-refractivity contribution < 1.29 is 44.3 Å². The van der Waals surface area contributed by atoms with Crippen LogP contribution in [0.5, 0.6) is 0 Å². The van der Waals surface area contributed by atoms with Gasteiger partial charge in [-0.2, -0.15) is 11.8 Å². The fraction of sp³-hybridized carbons (Fsp3) is 0.500. The van der Waals surface area contributed by atoms with E-state index in [-0.39, 0.29) is 53.1 Å². The molecule has 2 saturated heterocycles. The van der Waals surface area contributed by atoms with Gasteiger partial charge in [-0.25, -0.2) is 0 Å². The van der Waals surface area contributed by atoms with Gasteiger partial charge in [-0.3, -0.25) is 9.69 Å². The molecule has 2 fully saturated rings. The number of amides is 1. The largest absolute Gasteiger partial charge is 1.00 e. The summed E-state index contributed by atoms with van der Waals surface area (Å²) in [5.41, 5.74) is 1.82. The summed E-state index contributed by atoms with van der Waals surface area (Å²) in [6, 6.07) is -0.0387. The second kappa shape index (κ2) is 5.04. The van der Waals surface area contributed by atoms with Gasteiger partial charge >= 0.3 is 29.6 Å². The number of aliphatic carboxylic acids is 1. The minimum Gasteiger partial charge on any atom is -0.543 e. The Kier molecular flexibility index (Phi) is 3.97. The van der Waals surface area contributed by atoms with E-state index in [1.54, 1.807) is 6.08 Å². The Morgan fingerprint density at radius 2 is 2.28 bits per heavy atom. The zero-order chi connectivity index (χ0) is 12.2. The quantitative estimate of drug-likeness (QED) is 0.289. The third-order valence-electron chi connectivity index (χ3n) is 3.75. The number of nitrogens with zero attached hydrogens (tertiary/aromatic N) is 1.